The van der Waals surface area contributed by atoms with Crippen molar-refractivity contribution in [3.8, 4) is 5.88 Å². The second kappa shape index (κ2) is 4.81. The molecule has 1 N–H and O–H groups in total. The van der Waals surface area contributed by atoms with Crippen molar-refractivity contribution in [3.05, 3.63) is 22.8 Å². The van der Waals surface area contributed by atoms with Gasteiger partial charge in [-0.15, -0.1) is 0 Å². The molecule has 0 fully saturated rings. The second-order valence-electron chi connectivity index (χ2n) is 2.70. The predicted molar refractivity (Wildman–Crippen MR) is 51.8 cm³/mol. The number of hydrogen-bond donors (Lipinski definition) is 1. The summed E-state index contributed by atoms with van der Waals surface area (Å²) in [7, 11) is 1.48. The lowest BCUT2D eigenvalue weighted by Crippen LogP contribution is -2.00. The van der Waals surface area contributed by atoms with Gasteiger partial charge in [-0.05, 0) is 12.5 Å². The van der Waals surface area contributed by atoms with Gasteiger partial charge in [0, 0.05) is 12.0 Å². The molecule has 0 radical (unpaired) electrons. The summed E-state index contributed by atoms with van der Waals surface area (Å²) in [4.78, 5) is 14.3. The first-order valence-corrected chi connectivity index (χ1v) is 4.42. The number of pyridine rings is 1. The molecule has 1 heterocycles. The molecule has 0 spiro atoms. The van der Waals surface area contributed by atoms with Crippen LogP contribution < -0.4 is 4.74 Å². The van der Waals surface area contributed by atoms with E-state index in [-0.39, 0.29) is 6.42 Å². The highest BCUT2D eigenvalue weighted by molar-refractivity contribution is 6.29. The Labute approximate surface area is 86.5 Å². The monoisotopic (exact) mass is 215 g/mol. The van der Waals surface area contributed by atoms with E-state index in [1.807, 2.05) is 0 Å². The van der Waals surface area contributed by atoms with Gasteiger partial charge in [-0.2, -0.15) is 0 Å². The molecule has 0 aliphatic rings. The Bertz CT molecular complexity index is 341. The van der Waals surface area contributed by atoms with Gasteiger partial charge in [0.05, 0.1) is 7.11 Å². The zero-order valence-corrected chi connectivity index (χ0v) is 8.41. The van der Waals surface area contributed by atoms with E-state index in [4.69, 9.17) is 21.4 Å². The largest absolute Gasteiger partial charge is 0.481 e. The minimum atomic E-state index is -0.845. The first kappa shape index (κ1) is 10.8. The van der Waals surface area contributed by atoms with E-state index in [2.05, 4.69) is 4.98 Å². The molecule has 0 aliphatic carbocycles. The maximum atomic E-state index is 10.4. The molecule has 0 aliphatic heterocycles. The van der Waals surface area contributed by atoms with Gasteiger partial charge in [-0.3, -0.25) is 4.79 Å². The fraction of sp³-hybridized carbons (Fsp3) is 0.333. The first-order chi connectivity index (χ1) is 6.63. The summed E-state index contributed by atoms with van der Waals surface area (Å²) in [6, 6.07) is 3.33. The number of aryl methyl sites for hydroxylation is 1. The number of carboxylic acids is 1. The number of halogens is 1. The molecule has 0 saturated heterocycles. The molecule has 5 heteroatoms. The van der Waals surface area contributed by atoms with Gasteiger partial charge in [0.2, 0.25) is 5.88 Å². The van der Waals surface area contributed by atoms with Crippen molar-refractivity contribution in [2.24, 2.45) is 0 Å². The van der Waals surface area contributed by atoms with Crippen molar-refractivity contribution in [3.63, 3.8) is 0 Å². The van der Waals surface area contributed by atoms with Crippen molar-refractivity contribution >= 4 is 17.6 Å². The summed E-state index contributed by atoms with van der Waals surface area (Å²) in [5.41, 5.74) is 0.749. The first-order valence-electron chi connectivity index (χ1n) is 4.04. The third-order valence-electron chi connectivity index (χ3n) is 1.71. The van der Waals surface area contributed by atoms with Gasteiger partial charge >= 0.3 is 5.97 Å². The van der Waals surface area contributed by atoms with Crippen LogP contribution in [0.4, 0.5) is 0 Å². The summed E-state index contributed by atoms with van der Waals surface area (Å²) in [6.07, 6.45) is 0.447. The Hall–Kier alpha value is -1.29. The van der Waals surface area contributed by atoms with Crippen LogP contribution in [0.2, 0.25) is 5.15 Å². The molecule has 1 rings (SSSR count). The Morgan fingerprint density at radius 2 is 2.36 bits per heavy atom. The van der Waals surface area contributed by atoms with Crippen LogP contribution >= 0.6 is 11.6 Å². The van der Waals surface area contributed by atoms with E-state index in [1.54, 1.807) is 12.1 Å². The van der Waals surface area contributed by atoms with Crippen LogP contribution in [-0.2, 0) is 11.2 Å². The molecule has 1 aromatic rings. The minimum Gasteiger partial charge on any atom is -0.481 e. The third-order valence-corrected chi connectivity index (χ3v) is 1.92. The zero-order valence-electron chi connectivity index (χ0n) is 7.66. The van der Waals surface area contributed by atoms with Crippen molar-refractivity contribution in [1.29, 1.82) is 0 Å². The molecular formula is C9H10ClNO3. The highest BCUT2D eigenvalue weighted by Gasteiger charge is 2.07. The summed E-state index contributed by atoms with van der Waals surface area (Å²) >= 11 is 5.65. The van der Waals surface area contributed by atoms with Crippen LogP contribution in [0.15, 0.2) is 12.1 Å². The lowest BCUT2D eigenvalue weighted by atomic mass is 10.1. The molecule has 76 valence electrons. The van der Waals surface area contributed by atoms with Gasteiger partial charge in [-0.1, -0.05) is 17.7 Å². The number of methoxy groups -OCH3 is 1. The number of carbonyl (C=O) groups is 1. The standard InChI is InChI=1S/C9H10ClNO3/c1-14-9-6(3-5-8(12)13)2-4-7(10)11-9/h2,4H,3,5H2,1H3,(H,12,13). The molecule has 14 heavy (non-hydrogen) atoms. The average molecular weight is 216 g/mol. The second-order valence-corrected chi connectivity index (χ2v) is 3.08. The van der Waals surface area contributed by atoms with Crippen molar-refractivity contribution in [2.75, 3.05) is 7.11 Å². The maximum Gasteiger partial charge on any atom is 0.303 e. The number of ether oxygens (including phenoxy) is 1. The van der Waals surface area contributed by atoms with Gasteiger partial charge < -0.3 is 9.84 Å². The van der Waals surface area contributed by atoms with Gasteiger partial charge in [-0.25, -0.2) is 4.98 Å². The molecule has 4 nitrogen and oxygen atoms in total. The van der Waals surface area contributed by atoms with Crippen LogP contribution in [0, 0.1) is 0 Å². The number of hydrogen-bond acceptors (Lipinski definition) is 3. The SMILES string of the molecule is COc1nc(Cl)ccc1CCC(=O)O. The van der Waals surface area contributed by atoms with E-state index in [0.717, 1.165) is 5.56 Å². The van der Waals surface area contributed by atoms with Crippen molar-refractivity contribution in [2.45, 2.75) is 12.8 Å². The predicted octanol–water partition coefficient (Wildman–Crippen LogP) is 1.76. The molecule has 0 bridgehead atoms. The fourth-order valence-corrected chi connectivity index (χ4v) is 1.20. The Kier molecular flexibility index (Phi) is 3.71. The molecule has 0 unspecified atom stereocenters. The Morgan fingerprint density at radius 1 is 1.64 bits per heavy atom. The van der Waals surface area contributed by atoms with E-state index in [0.29, 0.717) is 17.5 Å². The van der Waals surface area contributed by atoms with Crippen LogP contribution in [0.25, 0.3) is 0 Å². The maximum absolute atomic E-state index is 10.4. The van der Waals surface area contributed by atoms with Gasteiger partial charge in [0.25, 0.3) is 0 Å². The topological polar surface area (TPSA) is 59.4 Å². The number of rotatable bonds is 4. The quantitative estimate of drug-likeness (QED) is 0.778. The van der Waals surface area contributed by atoms with E-state index >= 15 is 0 Å². The number of aliphatic carboxylic acids is 1. The van der Waals surface area contributed by atoms with Gasteiger partial charge in [0.15, 0.2) is 0 Å². The van der Waals surface area contributed by atoms with Crippen LogP contribution in [-0.4, -0.2) is 23.2 Å². The molecule has 0 aromatic carbocycles. The minimum absolute atomic E-state index is 0.0552. The highest BCUT2D eigenvalue weighted by atomic mass is 35.5. The van der Waals surface area contributed by atoms with E-state index in [1.165, 1.54) is 7.11 Å². The molecule has 0 amide bonds. The summed E-state index contributed by atoms with van der Waals surface area (Å²) < 4.78 is 4.97. The fourth-order valence-electron chi connectivity index (χ4n) is 1.06. The number of nitrogens with zero attached hydrogens (tertiary/aromatic N) is 1. The molecular weight excluding hydrogens is 206 g/mol. The van der Waals surface area contributed by atoms with Crippen LogP contribution in [0.5, 0.6) is 5.88 Å². The number of carboxylic acid groups (broad SMARTS) is 1. The molecule has 0 saturated carbocycles. The molecule has 1 aromatic heterocycles. The van der Waals surface area contributed by atoms with Crippen molar-refractivity contribution in [1.82, 2.24) is 4.98 Å². The highest BCUT2D eigenvalue weighted by Crippen LogP contribution is 2.19. The van der Waals surface area contributed by atoms with Crippen LogP contribution in [0.3, 0.4) is 0 Å². The number of aromatic nitrogens is 1. The van der Waals surface area contributed by atoms with Crippen LogP contribution in [0.1, 0.15) is 12.0 Å². The lowest BCUT2D eigenvalue weighted by molar-refractivity contribution is -0.136. The summed E-state index contributed by atoms with van der Waals surface area (Å²) in [6.45, 7) is 0. The average Bonchev–Trinajstić information content (AvgIpc) is 2.15. The van der Waals surface area contributed by atoms with E-state index in [9.17, 15) is 4.79 Å². The van der Waals surface area contributed by atoms with Gasteiger partial charge in [0.1, 0.15) is 5.15 Å². The third kappa shape index (κ3) is 2.88. The normalized spacial score (nSPS) is 9.86. The van der Waals surface area contributed by atoms with Crippen molar-refractivity contribution < 1.29 is 14.6 Å². The smallest absolute Gasteiger partial charge is 0.303 e. The zero-order chi connectivity index (χ0) is 10.6. The summed E-state index contributed by atoms with van der Waals surface area (Å²) in [5.74, 6) is -0.458. The Morgan fingerprint density at radius 3 is 2.93 bits per heavy atom. The Balaban J connectivity index is 2.80. The molecule has 0 atom stereocenters. The lowest BCUT2D eigenvalue weighted by Gasteiger charge is -2.05. The van der Waals surface area contributed by atoms with E-state index < -0.39 is 5.97 Å². The summed E-state index contributed by atoms with van der Waals surface area (Å²) in [5, 5.41) is 8.84.